The Morgan fingerprint density at radius 1 is 1.47 bits per heavy atom. The highest BCUT2D eigenvalue weighted by molar-refractivity contribution is 9.10. The first kappa shape index (κ1) is 14.6. The van der Waals surface area contributed by atoms with Crippen molar-refractivity contribution in [2.45, 2.75) is 25.8 Å². The number of hydrogen-bond donors (Lipinski definition) is 1. The molecule has 0 radical (unpaired) electrons. The molecule has 0 amide bonds. The Kier molecular flexibility index (Phi) is 6.09. The van der Waals surface area contributed by atoms with Crippen LogP contribution in [0.25, 0.3) is 0 Å². The zero-order valence-corrected chi connectivity index (χ0v) is 11.8. The van der Waals surface area contributed by atoms with Gasteiger partial charge in [-0.05, 0) is 52.4 Å². The van der Waals surface area contributed by atoms with Crippen molar-refractivity contribution < 1.29 is 9.13 Å². The van der Waals surface area contributed by atoms with E-state index in [1.54, 1.807) is 19.2 Å². The molecule has 0 aliphatic rings. The van der Waals surface area contributed by atoms with Crippen molar-refractivity contribution in [2.24, 2.45) is 11.7 Å². The zero-order valence-electron chi connectivity index (χ0n) is 10.2. The summed E-state index contributed by atoms with van der Waals surface area (Å²) in [7, 11) is 1.69. The van der Waals surface area contributed by atoms with E-state index in [4.69, 9.17) is 10.5 Å². The van der Waals surface area contributed by atoms with Gasteiger partial charge in [0.05, 0.1) is 4.47 Å². The fourth-order valence-corrected chi connectivity index (χ4v) is 2.35. The molecule has 2 N–H and O–H groups in total. The topological polar surface area (TPSA) is 35.2 Å². The van der Waals surface area contributed by atoms with E-state index >= 15 is 0 Å². The highest BCUT2D eigenvalue weighted by atomic mass is 79.9. The van der Waals surface area contributed by atoms with E-state index in [1.165, 1.54) is 6.07 Å². The third-order valence-corrected chi connectivity index (χ3v) is 3.25. The van der Waals surface area contributed by atoms with Crippen LogP contribution in [0.15, 0.2) is 22.7 Å². The fourth-order valence-electron chi connectivity index (χ4n) is 1.92. The fraction of sp³-hybridized carbons (Fsp3) is 0.538. The summed E-state index contributed by atoms with van der Waals surface area (Å²) in [5, 5.41) is 0. The Morgan fingerprint density at radius 2 is 2.18 bits per heavy atom. The van der Waals surface area contributed by atoms with Gasteiger partial charge in [-0.2, -0.15) is 0 Å². The number of nitrogens with two attached hydrogens (primary N) is 1. The van der Waals surface area contributed by atoms with Crippen LogP contribution >= 0.6 is 15.9 Å². The van der Waals surface area contributed by atoms with Crippen LogP contribution in [0, 0.1) is 11.7 Å². The Bertz CT molecular complexity index is 359. The summed E-state index contributed by atoms with van der Waals surface area (Å²) in [4.78, 5) is 0. The first-order valence-electron chi connectivity index (χ1n) is 5.71. The Morgan fingerprint density at radius 3 is 2.76 bits per heavy atom. The number of rotatable bonds is 6. The zero-order chi connectivity index (χ0) is 12.8. The van der Waals surface area contributed by atoms with Crippen LogP contribution < -0.4 is 5.73 Å². The molecule has 0 bridgehead atoms. The second kappa shape index (κ2) is 7.09. The molecule has 17 heavy (non-hydrogen) atoms. The van der Waals surface area contributed by atoms with Crippen LogP contribution in [0.5, 0.6) is 0 Å². The highest BCUT2D eigenvalue weighted by Crippen LogP contribution is 2.18. The molecule has 0 saturated carbocycles. The summed E-state index contributed by atoms with van der Waals surface area (Å²) in [6.07, 6.45) is 1.66. The number of hydrogen-bond acceptors (Lipinski definition) is 2. The number of benzene rings is 1. The van der Waals surface area contributed by atoms with E-state index in [1.807, 2.05) is 0 Å². The minimum absolute atomic E-state index is 0.0810. The summed E-state index contributed by atoms with van der Waals surface area (Å²) in [6.45, 7) is 2.84. The molecule has 2 nitrogen and oxygen atoms in total. The van der Waals surface area contributed by atoms with Crippen molar-refractivity contribution in [1.82, 2.24) is 0 Å². The molecule has 0 aromatic heterocycles. The third-order valence-electron chi connectivity index (χ3n) is 2.64. The van der Waals surface area contributed by atoms with Crippen LogP contribution in [0.2, 0.25) is 0 Å². The van der Waals surface area contributed by atoms with E-state index < -0.39 is 0 Å². The number of halogens is 2. The highest BCUT2D eigenvalue weighted by Gasteiger charge is 2.10. The lowest BCUT2D eigenvalue weighted by atomic mass is 9.97. The van der Waals surface area contributed by atoms with Crippen molar-refractivity contribution in [3.8, 4) is 0 Å². The molecule has 96 valence electrons. The lowest BCUT2D eigenvalue weighted by molar-refractivity contribution is 0.152. The Balaban J connectivity index is 2.50. The average Bonchev–Trinajstić information content (AvgIpc) is 2.23. The van der Waals surface area contributed by atoms with Gasteiger partial charge < -0.3 is 10.5 Å². The maximum Gasteiger partial charge on any atom is 0.137 e. The van der Waals surface area contributed by atoms with Gasteiger partial charge in [-0.15, -0.1) is 0 Å². The van der Waals surface area contributed by atoms with Gasteiger partial charge in [0.25, 0.3) is 0 Å². The Hall–Kier alpha value is -0.450. The van der Waals surface area contributed by atoms with Crippen molar-refractivity contribution >= 4 is 15.9 Å². The molecule has 2 atom stereocenters. The maximum atomic E-state index is 13.1. The van der Waals surface area contributed by atoms with Crippen LogP contribution in [-0.4, -0.2) is 19.8 Å². The van der Waals surface area contributed by atoms with Crippen molar-refractivity contribution in [3.63, 3.8) is 0 Å². The van der Waals surface area contributed by atoms with Gasteiger partial charge in [0, 0.05) is 19.8 Å². The van der Waals surface area contributed by atoms with Gasteiger partial charge in [0.1, 0.15) is 5.82 Å². The van der Waals surface area contributed by atoms with Gasteiger partial charge in [-0.3, -0.25) is 0 Å². The van der Waals surface area contributed by atoms with Crippen LogP contribution in [0.1, 0.15) is 18.9 Å². The van der Waals surface area contributed by atoms with Crippen molar-refractivity contribution in [3.05, 3.63) is 34.1 Å². The van der Waals surface area contributed by atoms with E-state index in [9.17, 15) is 4.39 Å². The molecule has 0 fully saturated rings. The summed E-state index contributed by atoms with van der Waals surface area (Å²) in [5.74, 6) is 0.203. The van der Waals surface area contributed by atoms with Gasteiger partial charge in [-0.1, -0.05) is 13.0 Å². The van der Waals surface area contributed by atoms with Gasteiger partial charge in [0.15, 0.2) is 0 Å². The van der Waals surface area contributed by atoms with Crippen molar-refractivity contribution in [1.29, 1.82) is 0 Å². The molecule has 0 aliphatic heterocycles. The standard InChI is InChI=1S/C13H19BrFNO/c1-9(8-17-2)5-11(16)6-10-3-4-13(15)12(14)7-10/h3-4,7,9,11H,5-6,8,16H2,1-2H3. The molecule has 1 aromatic carbocycles. The second-order valence-electron chi connectivity index (χ2n) is 4.51. The van der Waals surface area contributed by atoms with Gasteiger partial charge in [0.2, 0.25) is 0 Å². The predicted molar refractivity (Wildman–Crippen MR) is 71.4 cm³/mol. The molecule has 0 spiro atoms. The predicted octanol–water partition coefficient (Wildman–Crippen LogP) is 3.13. The molecule has 2 unspecified atom stereocenters. The van der Waals surface area contributed by atoms with Crippen LogP contribution in [0.4, 0.5) is 4.39 Å². The average molecular weight is 304 g/mol. The first-order chi connectivity index (χ1) is 8.02. The van der Waals surface area contributed by atoms with Crippen molar-refractivity contribution in [2.75, 3.05) is 13.7 Å². The summed E-state index contributed by atoms with van der Waals surface area (Å²) in [6, 6.07) is 5.11. The summed E-state index contributed by atoms with van der Waals surface area (Å²) in [5.41, 5.74) is 7.11. The molecule has 1 rings (SSSR count). The monoisotopic (exact) mass is 303 g/mol. The van der Waals surface area contributed by atoms with Gasteiger partial charge in [-0.25, -0.2) is 4.39 Å². The van der Waals surface area contributed by atoms with Crippen LogP contribution in [-0.2, 0) is 11.2 Å². The minimum Gasteiger partial charge on any atom is -0.384 e. The van der Waals surface area contributed by atoms with E-state index in [0.29, 0.717) is 10.4 Å². The summed E-state index contributed by atoms with van der Waals surface area (Å²) >= 11 is 3.18. The molecule has 4 heteroatoms. The van der Waals surface area contributed by atoms with Crippen LogP contribution in [0.3, 0.4) is 0 Å². The maximum absolute atomic E-state index is 13.1. The van der Waals surface area contributed by atoms with Gasteiger partial charge >= 0.3 is 0 Å². The normalized spacial score (nSPS) is 14.6. The third kappa shape index (κ3) is 5.15. The molecule has 0 heterocycles. The SMILES string of the molecule is COCC(C)CC(N)Cc1ccc(F)c(Br)c1. The second-order valence-corrected chi connectivity index (χ2v) is 5.36. The minimum atomic E-state index is -0.241. The Labute approximate surface area is 110 Å². The van der Waals surface area contributed by atoms with E-state index in [2.05, 4.69) is 22.9 Å². The molecule has 0 saturated heterocycles. The first-order valence-corrected chi connectivity index (χ1v) is 6.50. The largest absolute Gasteiger partial charge is 0.384 e. The smallest absolute Gasteiger partial charge is 0.137 e. The van der Waals surface area contributed by atoms with E-state index in [-0.39, 0.29) is 11.9 Å². The summed E-state index contributed by atoms with van der Waals surface area (Å²) < 4.78 is 18.6. The molecular weight excluding hydrogens is 285 g/mol. The molecular formula is C13H19BrFNO. The number of methoxy groups -OCH3 is 1. The lowest BCUT2D eigenvalue weighted by Gasteiger charge is -2.16. The number of ether oxygens (including phenoxy) is 1. The molecule has 0 aliphatic carbocycles. The van der Waals surface area contributed by atoms with E-state index in [0.717, 1.165) is 25.0 Å². The molecule has 1 aromatic rings. The quantitative estimate of drug-likeness (QED) is 0.876. The lowest BCUT2D eigenvalue weighted by Crippen LogP contribution is -2.26.